The van der Waals surface area contributed by atoms with Crippen molar-refractivity contribution < 1.29 is 4.79 Å². The minimum absolute atomic E-state index is 0.344. The molecule has 0 radical (unpaired) electrons. The van der Waals surface area contributed by atoms with E-state index in [-0.39, 0.29) is 0 Å². The maximum atomic E-state index is 11.3. The number of hydrogen-bond donors (Lipinski definition) is 0. The van der Waals surface area contributed by atoms with Crippen molar-refractivity contribution in [2.45, 2.75) is 64.0 Å². The summed E-state index contributed by atoms with van der Waals surface area (Å²) in [4.78, 5) is 13.9. The van der Waals surface area contributed by atoms with E-state index in [1.165, 1.54) is 45.1 Å². The Kier molecular flexibility index (Phi) is 4.16. The zero-order valence-electron chi connectivity index (χ0n) is 10.3. The summed E-state index contributed by atoms with van der Waals surface area (Å²) < 4.78 is 0. The summed E-state index contributed by atoms with van der Waals surface area (Å²) in [6, 6.07) is 1.12. The molecule has 2 unspecified atom stereocenters. The Balaban J connectivity index is 2.00. The van der Waals surface area contributed by atoms with Gasteiger partial charge in [0.05, 0.1) is 0 Å². The minimum Gasteiger partial charge on any atom is -0.300 e. The highest BCUT2D eigenvalue weighted by Crippen LogP contribution is 2.26. The first-order chi connectivity index (χ1) is 7.77. The van der Waals surface area contributed by atoms with Gasteiger partial charge in [-0.2, -0.15) is 0 Å². The number of carbonyl (C=O) groups excluding carboxylic acids is 1. The van der Waals surface area contributed by atoms with Crippen molar-refractivity contribution in [2.24, 2.45) is 0 Å². The van der Waals surface area contributed by atoms with E-state index in [4.69, 9.17) is 0 Å². The number of likely N-dealkylation sites (tertiary alicyclic amines) is 1. The van der Waals surface area contributed by atoms with E-state index in [2.05, 4.69) is 17.1 Å². The van der Waals surface area contributed by atoms with Crippen molar-refractivity contribution in [1.82, 2.24) is 4.90 Å². The molecule has 0 saturated carbocycles. The normalized spacial score (nSPS) is 31.6. The predicted octanol–water partition coefficient (Wildman–Crippen LogP) is 2.93. The molecule has 90 valence electrons. The van der Waals surface area contributed by atoms with E-state index in [0.717, 1.165) is 6.42 Å². The van der Waals surface area contributed by atoms with Gasteiger partial charge in [0.1, 0.15) is 5.78 Å². The van der Waals surface area contributed by atoms with Gasteiger partial charge in [0.15, 0.2) is 0 Å². The van der Waals surface area contributed by atoms with Crippen molar-refractivity contribution in [3.05, 3.63) is 12.2 Å². The molecular formula is C14H23NO. The van der Waals surface area contributed by atoms with Crippen LogP contribution in [0.2, 0.25) is 0 Å². The standard InChI is InChI=1S/C14H23NO/c1-12(16)11-14-9-5-6-10-15(14)13-7-3-2-4-8-13/h3,7,13-14H,2,4-6,8-11H2,1H3. The van der Waals surface area contributed by atoms with Gasteiger partial charge in [-0.1, -0.05) is 18.6 Å². The molecule has 2 rings (SSSR count). The Labute approximate surface area is 98.7 Å². The van der Waals surface area contributed by atoms with E-state index in [1.807, 2.05) is 0 Å². The Bertz CT molecular complexity index is 272. The summed E-state index contributed by atoms with van der Waals surface area (Å²) in [5.41, 5.74) is 0. The topological polar surface area (TPSA) is 20.3 Å². The summed E-state index contributed by atoms with van der Waals surface area (Å²) in [7, 11) is 0. The number of hydrogen-bond acceptors (Lipinski definition) is 2. The molecular weight excluding hydrogens is 198 g/mol. The SMILES string of the molecule is CC(=O)CC1CCCCN1C1C=CCCC1. The summed E-state index contributed by atoms with van der Waals surface area (Å²) in [5.74, 6) is 0.344. The Morgan fingerprint density at radius 2 is 2.19 bits per heavy atom. The van der Waals surface area contributed by atoms with Crippen molar-refractivity contribution >= 4 is 5.78 Å². The van der Waals surface area contributed by atoms with Gasteiger partial charge in [-0.05, 0) is 45.6 Å². The summed E-state index contributed by atoms with van der Waals surface area (Å²) in [5, 5.41) is 0. The van der Waals surface area contributed by atoms with E-state index < -0.39 is 0 Å². The van der Waals surface area contributed by atoms with E-state index in [0.29, 0.717) is 17.9 Å². The maximum absolute atomic E-state index is 11.3. The summed E-state index contributed by atoms with van der Waals surface area (Å²) >= 11 is 0. The largest absolute Gasteiger partial charge is 0.300 e. The molecule has 1 fully saturated rings. The number of rotatable bonds is 3. The summed E-state index contributed by atoms with van der Waals surface area (Å²) in [6.07, 6.45) is 13.1. The smallest absolute Gasteiger partial charge is 0.131 e. The fourth-order valence-corrected chi connectivity index (χ4v) is 3.08. The van der Waals surface area contributed by atoms with Crippen molar-refractivity contribution in [2.75, 3.05) is 6.54 Å². The van der Waals surface area contributed by atoms with E-state index in [1.54, 1.807) is 6.92 Å². The Hall–Kier alpha value is -0.630. The average molecular weight is 221 g/mol. The van der Waals surface area contributed by atoms with Gasteiger partial charge in [0.2, 0.25) is 0 Å². The summed E-state index contributed by atoms with van der Waals surface area (Å²) in [6.45, 7) is 2.91. The molecule has 0 aromatic rings. The predicted molar refractivity (Wildman–Crippen MR) is 66.4 cm³/mol. The first kappa shape index (κ1) is 11.8. The number of allylic oxidation sites excluding steroid dienone is 1. The minimum atomic E-state index is 0.344. The number of ketones is 1. The number of Topliss-reactive ketones (excluding diaryl/α,β-unsaturated/α-hetero) is 1. The van der Waals surface area contributed by atoms with Crippen LogP contribution < -0.4 is 0 Å². The molecule has 16 heavy (non-hydrogen) atoms. The van der Waals surface area contributed by atoms with Gasteiger partial charge in [0, 0.05) is 18.5 Å². The third kappa shape index (κ3) is 2.94. The first-order valence-electron chi connectivity index (χ1n) is 6.69. The fourth-order valence-electron chi connectivity index (χ4n) is 3.08. The lowest BCUT2D eigenvalue weighted by Crippen LogP contribution is -2.46. The highest BCUT2D eigenvalue weighted by atomic mass is 16.1. The van der Waals surface area contributed by atoms with Gasteiger partial charge < -0.3 is 0 Å². The lowest BCUT2D eigenvalue weighted by molar-refractivity contribution is -0.118. The van der Waals surface area contributed by atoms with E-state index >= 15 is 0 Å². The molecule has 1 aliphatic carbocycles. The lowest BCUT2D eigenvalue weighted by Gasteiger charge is -2.40. The molecule has 0 aromatic carbocycles. The molecule has 2 aliphatic rings. The van der Waals surface area contributed by atoms with Gasteiger partial charge in [0.25, 0.3) is 0 Å². The molecule has 0 amide bonds. The van der Waals surface area contributed by atoms with Gasteiger partial charge in [-0.3, -0.25) is 9.69 Å². The van der Waals surface area contributed by atoms with Crippen LogP contribution in [0.4, 0.5) is 0 Å². The van der Waals surface area contributed by atoms with Crippen LogP contribution in [0.25, 0.3) is 0 Å². The van der Waals surface area contributed by atoms with Crippen LogP contribution in [0.3, 0.4) is 0 Å². The molecule has 0 bridgehead atoms. The van der Waals surface area contributed by atoms with Crippen LogP contribution in [0, 0.1) is 0 Å². The van der Waals surface area contributed by atoms with Crippen LogP contribution in [0.5, 0.6) is 0 Å². The third-order valence-corrected chi connectivity index (χ3v) is 3.85. The van der Waals surface area contributed by atoms with Crippen LogP contribution in [0.15, 0.2) is 12.2 Å². The molecule has 2 nitrogen and oxygen atoms in total. The van der Waals surface area contributed by atoms with Gasteiger partial charge in [-0.25, -0.2) is 0 Å². The highest BCUT2D eigenvalue weighted by Gasteiger charge is 2.28. The van der Waals surface area contributed by atoms with Crippen LogP contribution in [-0.4, -0.2) is 29.3 Å². The molecule has 0 aromatic heterocycles. The molecule has 2 heteroatoms. The monoisotopic (exact) mass is 221 g/mol. The molecule has 1 saturated heterocycles. The van der Waals surface area contributed by atoms with Gasteiger partial charge >= 0.3 is 0 Å². The van der Waals surface area contributed by atoms with Crippen LogP contribution in [0.1, 0.15) is 51.9 Å². The molecule has 0 spiro atoms. The highest BCUT2D eigenvalue weighted by molar-refractivity contribution is 5.76. The molecule has 2 atom stereocenters. The average Bonchev–Trinajstić information content (AvgIpc) is 2.30. The lowest BCUT2D eigenvalue weighted by atomic mass is 9.92. The van der Waals surface area contributed by atoms with Crippen molar-refractivity contribution in [3.8, 4) is 0 Å². The fraction of sp³-hybridized carbons (Fsp3) is 0.786. The maximum Gasteiger partial charge on any atom is 0.131 e. The van der Waals surface area contributed by atoms with Crippen LogP contribution >= 0.6 is 0 Å². The number of carbonyl (C=O) groups is 1. The second-order valence-electron chi connectivity index (χ2n) is 5.22. The zero-order chi connectivity index (χ0) is 11.4. The van der Waals surface area contributed by atoms with Crippen LogP contribution in [-0.2, 0) is 4.79 Å². The third-order valence-electron chi connectivity index (χ3n) is 3.85. The van der Waals surface area contributed by atoms with Crippen molar-refractivity contribution in [3.63, 3.8) is 0 Å². The quantitative estimate of drug-likeness (QED) is 0.683. The van der Waals surface area contributed by atoms with Gasteiger partial charge in [-0.15, -0.1) is 0 Å². The molecule has 0 N–H and O–H groups in total. The second-order valence-corrected chi connectivity index (χ2v) is 5.22. The first-order valence-corrected chi connectivity index (χ1v) is 6.69. The van der Waals surface area contributed by atoms with Crippen molar-refractivity contribution in [1.29, 1.82) is 0 Å². The second kappa shape index (κ2) is 5.62. The zero-order valence-corrected chi connectivity index (χ0v) is 10.3. The molecule has 1 heterocycles. The number of piperidine rings is 1. The Morgan fingerprint density at radius 3 is 2.88 bits per heavy atom. The molecule has 1 aliphatic heterocycles. The van der Waals surface area contributed by atoms with E-state index in [9.17, 15) is 4.79 Å². The number of nitrogens with zero attached hydrogens (tertiary/aromatic N) is 1. The Morgan fingerprint density at radius 1 is 1.31 bits per heavy atom.